The van der Waals surface area contributed by atoms with Crippen LogP contribution in [0.3, 0.4) is 0 Å². The van der Waals surface area contributed by atoms with Gasteiger partial charge in [0.05, 0.1) is 11.6 Å². The minimum atomic E-state index is 0.763. The second kappa shape index (κ2) is 3.91. The summed E-state index contributed by atoms with van der Waals surface area (Å²) in [5.41, 5.74) is 4.16. The highest BCUT2D eigenvalue weighted by Gasteiger charge is 2.00. The molecule has 0 aliphatic heterocycles. The molecule has 13 heavy (non-hydrogen) atoms. The largest absolute Gasteiger partial charge is 0.192 e. The van der Waals surface area contributed by atoms with Gasteiger partial charge in [0.15, 0.2) is 0 Å². The van der Waals surface area contributed by atoms with Crippen molar-refractivity contribution < 1.29 is 0 Å². The Morgan fingerprint density at radius 2 is 1.92 bits per heavy atom. The van der Waals surface area contributed by atoms with Crippen LogP contribution in [0.1, 0.15) is 29.2 Å². The number of nitriles is 1. The highest BCUT2D eigenvalue weighted by atomic mass is 14.2. The normalized spacial score (nSPS) is 10.3. The van der Waals surface area contributed by atoms with Gasteiger partial charge >= 0.3 is 0 Å². The van der Waals surface area contributed by atoms with Gasteiger partial charge < -0.3 is 0 Å². The highest BCUT2D eigenvalue weighted by molar-refractivity contribution is 5.58. The number of benzene rings is 1. The van der Waals surface area contributed by atoms with Crippen molar-refractivity contribution in [3.05, 3.63) is 40.5 Å². The van der Waals surface area contributed by atoms with Crippen LogP contribution >= 0.6 is 0 Å². The number of hydrogen-bond acceptors (Lipinski definition) is 1. The molecule has 1 aromatic carbocycles. The lowest BCUT2D eigenvalue weighted by molar-refractivity contribution is 1.33. The van der Waals surface area contributed by atoms with Gasteiger partial charge in [-0.05, 0) is 43.5 Å². The first-order valence-electron chi connectivity index (χ1n) is 4.33. The number of nitrogens with zero attached hydrogens (tertiary/aromatic N) is 1. The molecule has 0 unspecified atom stereocenters. The maximum Gasteiger partial charge on any atom is 0.0994 e. The molecular formula is C12H13N. The Bertz CT molecular complexity index is 381. The fraction of sp³-hybridized carbons (Fsp3) is 0.250. The summed E-state index contributed by atoms with van der Waals surface area (Å²) in [5.74, 6) is 0. The summed E-state index contributed by atoms with van der Waals surface area (Å²) < 4.78 is 0. The predicted molar refractivity (Wildman–Crippen MR) is 55.3 cm³/mol. The van der Waals surface area contributed by atoms with Crippen molar-refractivity contribution in [3.8, 4) is 6.07 Å². The standard InChI is InChI=1S/C12H13N/c1-4-5-11-7-12(8-13)10(3)6-9(11)2/h4-7H,1-3H3/b5-4-. The van der Waals surface area contributed by atoms with E-state index in [0.29, 0.717) is 0 Å². The Morgan fingerprint density at radius 1 is 1.23 bits per heavy atom. The van der Waals surface area contributed by atoms with E-state index in [-0.39, 0.29) is 0 Å². The fourth-order valence-electron chi connectivity index (χ4n) is 1.35. The molecule has 0 aromatic heterocycles. The third-order valence-electron chi connectivity index (χ3n) is 2.08. The van der Waals surface area contributed by atoms with Crippen LogP contribution in [0, 0.1) is 25.2 Å². The average Bonchev–Trinajstić information content (AvgIpc) is 2.10. The lowest BCUT2D eigenvalue weighted by Crippen LogP contribution is -1.87. The van der Waals surface area contributed by atoms with Gasteiger partial charge in [0.1, 0.15) is 0 Å². The van der Waals surface area contributed by atoms with Crippen LogP contribution < -0.4 is 0 Å². The molecule has 0 saturated carbocycles. The van der Waals surface area contributed by atoms with Gasteiger partial charge in [-0.1, -0.05) is 18.2 Å². The maximum absolute atomic E-state index is 8.83. The fourth-order valence-corrected chi connectivity index (χ4v) is 1.35. The molecule has 0 atom stereocenters. The number of rotatable bonds is 1. The lowest BCUT2D eigenvalue weighted by Gasteiger charge is -2.03. The first-order chi connectivity index (χ1) is 6.19. The van der Waals surface area contributed by atoms with Gasteiger partial charge in [0, 0.05) is 0 Å². The Hall–Kier alpha value is -1.55. The third kappa shape index (κ3) is 1.97. The summed E-state index contributed by atoms with van der Waals surface area (Å²) in [4.78, 5) is 0. The van der Waals surface area contributed by atoms with Crippen molar-refractivity contribution in [1.29, 1.82) is 5.26 Å². The summed E-state index contributed by atoms with van der Waals surface area (Å²) in [5, 5.41) is 8.83. The highest BCUT2D eigenvalue weighted by Crippen LogP contribution is 2.16. The SMILES string of the molecule is C/C=C\c1cc(C#N)c(C)cc1C. The van der Waals surface area contributed by atoms with E-state index in [1.54, 1.807) is 0 Å². The minimum absolute atomic E-state index is 0.763. The topological polar surface area (TPSA) is 23.8 Å². The molecule has 0 aliphatic carbocycles. The van der Waals surface area contributed by atoms with Crippen molar-refractivity contribution in [2.45, 2.75) is 20.8 Å². The molecule has 0 amide bonds. The van der Waals surface area contributed by atoms with E-state index in [2.05, 4.69) is 13.0 Å². The van der Waals surface area contributed by atoms with E-state index >= 15 is 0 Å². The van der Waals surface area contributed by atoms with E-state index in [0.717, 1.165) is 16.7 Å². The number of aryl methyl sites for hydroxylation is 2. The van der Waals surface area contributed by atoms with Crippen LogP contribution in [0.4, 0.5) is 0 Å². The Labute approximate surface area is 79.3 Å². The maximum atomic E-state index is 8.83. The molecule has 1 nitrogen and oxygen atoms in total. The van der Waals surface area contributed by atoms with E-state index in [9.17, 15) is 0 Å². The lowest BCUT2D eigenvalue weighted by atomic mass is 10.0. The van der Waals surface area contributed by atoms with Crippen molar-refractivity contribution in [3.63, 3.8) is 0 Å². The third-order valence-corrected chi connectivity index (χ3v) is 2.08. The zero-order chi connectivity index (χ0) is 9.84. The molecule has 1 rings (SSSR count). The molecule has 1 heteroatoms. The summed E-state index contributed by atoms with van der Waals surface area (Å²) in [6.07, 6.45) is 4.01. The van der Waals surface area contributed by atoms with Crippen molar-refractivity contribution in [1.82, 2.24) is 0 Å². The number of hydrogen-bond donors (Lipinski definition) is 0. The van der Waals surface area contributed by atoms with Gasteiger partial charge in [0.25, 0.3) is 0 Å². The Morgan fingerprint density at radius 3 is 2.46 bits per heavy atom. The second-order valence-corrected chi connectivity index (χ2v) is 3.14. The van der Waals surface area contributed by atoms with Gasteiger partial charge in [0.2, 0.25) is 0 Å². The van der Waals surface area contributed by atoms with E-state index in [4.69, 9.17) is 5.26 Å². The van der Waals surface area contributed by atoms with Gasteiger partial charge in [-0.3, -0.25) is 0 Å². The zero-order valence-electron chi connectivity index (χ0n) is 8.26. The summed E-state index contributed by atoms with van der Waals surface area (Å²) >= 11 is 0. The molecule has 1 aromatic rings. The molecule has 0 N–H and O–H groups in total. The minimum Gasteiger partial charge on any atom is -0.192 e. The average molecular weight is 171 g/mol. The summed E-state index contributed by atoms with van der Waals surface area (Å²) in [7, 11) is 0. The van der Waals surface area contributed by atoms with Gasteiger partial charge in [-0.15, -0.1) is 0 Å². The summed E-state index contributed by atoms with van der Waals surface area (Å²) in [6.45, 7) is 6.00. The van der Waals surface area contributed by atoms with Crippen molar-refractivity contribution in [2.75, 3.05) is 0 Å². The number of allylic oxidation sites excluding steroid dienone is 1. The van der Waals surface area contributed by atoms with E-state index in [1.807, 2.05) is 38.1 Å². The van der Waals surface area contributed by atoms with Crippen LogP contribution in [0.2, 0.25) is 0 Å². The molecular weight excluding hydrogens is 158 g/mol. The molecule has 0 fully saturated rings. The quantitative estimate of drug-likeness (QED) is 0.636. The molecule has 0 saturated heterocycles. The van der Waals surface area contributed by atoms with Crippen LogP contribution in [0.5, 0.6) is 0 Å². The monoisotopic (exact) mass is 171 g/mol. The Kier molecular flexibility index (Phi) is 2.87. The molecule has 0 aliphatic rings. The van der Waals surface area contributed by atoms with Crippen LogP contribution in [0.15, 0.2) is 18.2 Å². The van der Waals surface area contributed by atoms with Gasteiger partial charge in [-0.25, -0.2) is 0 Å². The zero-order valence-corrected chi connectivity index (χ0v) is 8.26. The Balaban J connectivity index is 3.32. The molecule has 0 heterocycles. The predicted octanol–water partition coefficient (Wildman–Crippen LogP) is 3.21. The van der Waals surface area contributed by atoms with Gasteiger partial charge in [-0.2, -0.15) is 5.26 Å². The van der Waals surface area contributed by atoms with Crippen LogP contribution in [-0.4, -0.2) is 0 Å². The molecule has 0 radical (unpaired) electrons. The van der Waals surface area contributed by atoms with Crippen molar-refractivity contribution >= 4 is 6.08 Å². The molecule has 0 bridgehead atoms. The van der Waals surface area contributed by atoms with E-state index < -0.39 is 0 Å². The van der Waals surface area contributed by atoms with Crippen molar-refractivity contribution in [2.24, 2.45) is 0 Å². The van der Waals surface area contributed by atoms with E-state index in [1.165, 1.54) is 5.56 Å². The van der Waals surface area contributed by atoms with Crippen LogP contribution in [-0.2, 0) is 0 Å². The summed E-state index contributed by atoms with van der Waals surface area (Å²) in [6, 6.07) is 6.17. The first-order valence-corrected chi connectivity index (χ1v) is 4.33. The smallest absolute Gasteiger partial charge is 0.0994 e. The second-order valence-electron chi connectivity index (χ2n) is 3.14. The molecule has 66 valence electrons. The molecule has 0 spiro atoms. The first kappa shape index (κ1) is 9.54. The van der Waals surface area contributed by atoms with Crippen LogP contribution in [0.25, 0.3) is 6.08 Å².